The molecule has 0 bridgehead atoms. The highest BCUT2D eigenvalue weighted by Crippen LogP contribution is 2.41. The lowest BCUT2D eigenvalue weighted by Crippen LogP contribution is -2.42. The van der Waals surface area contributed by atoms with E-state index in [-0.39, 0.29) is 5.92 Å². The molecule has 2 unspecified atom stereocenters. The summed E-state index contributed by atoms with van der Waals surface area (Å²) in [6.45, 7) is 0. The number of benzene rings is 1. The third-order valence-electron chi connectivity index (χ3n) is 3.92. The monoisotopic (exact) mass is 243 g/mol. The number of hydrogen-bond donors (Lipinski definition) is 0. The molecular formula is C15H17NO2. The van der Waals surface area contributed by atoms with E-state index in [1.807, 2.05) is 12.1 Å². The molecule has 0 N–H and O–H groups in total. The lowest BCUT2D eigenvalue weighted by atomic mass is 9.72. The maximum Gasteiger partial charge on any atom is 0.152 e. The summed E-state index contributed by atoms with van der Waals surface area (Å²) >= 11 is 0. The van der Waals surface area contributed by atoms with Crippen LogP contribution >= 0.6 is 0 Å². The number of aldehydes is 1. The van der Waals surface area contributed by atoms with E-state index in [1.165, 1.54) is 0 Å². The summed E-state index contributed by atoms with van der Waals surface area (Å²) in [4.78, 5) is 11.4. The predicted octanol–water partition coefficient (Wildman–Crippen LogP) is 2.80. The second kappa shape index (κ2) is 5.32. The Balaban J connectivity index is 2.33. The predicted molar refractivity (Wildman–Crippen MR) is 68.2 cm³/mol. The van der Waals surface area contributed by atoms with Crippen LogP contribution < -0.4 is 0 Å². The molecule has 3 heteroatoms. The normalized spacial score (nSPS) is 27.4. The summed E-state index contributed by atoms with van der Waals surface area (Å²) in [6.07, 6.45) is 4.83. The molecule has 18 heavy (non-hydrogen) atoms. The van der Waals surface area contributed by atoms with Gasteiger partial charge in [-0.15, -0.1) is 0 Å². The zero-order valence-electron chi connectivity index (χ0n) is 10.6. The quantitative estimate of drug-likeness (QED) is 0.767. The number of carbonyl (C=O) groups excluding carboxylic acids is 1. The molecule has 2 atom stereocenters. The Labute approximate surface area is 107 Å². The van der Waals surface area contributed by atoms with Crippen molar-refractivity contribution in [2.75, 3.05) is 7.11 Å². The van der Waals surface area contributed by atoms with Crippen LogP contribution in [0.25, 0.3) is 0 Å². The smallest absolute Gasteiger partial charge is 0.152 e. The summed E-state index contributed by atoms with van der Waals surface area (Å²) in [5.41, 5.74) is 1.04. The number of carbonyl (C=O) groups is 1. The van der Waals surface area contributed by atoms with Crippen molar-refractivity contribution < 1.29 is 9.53 Å². The van der Waals surface area contributed by atoms with Gasteiger partial charge >= 0.3 is 0 Å². The van der Waals surface area contributed by atoms with E-state index in [9.17, 15) is 4.79 Å². The van der Waals surface area contributed by atoms with Crippen molar-refractivity contribution in [3.8, 4) is 6.07 Å². The maximum absolute atomic E-state index is 11.4. The molecule has 94 valence electrons. The topological polar surface area (TPSA) is 50.1 Å². The lowest BCUT2D eigenvalue weighted by molar-refractivity contribution is -0.134. The average molecular weight is 243 g/mol. The Morgan fingerprint density at radius 3 is 2.67 bits per heavy atom. The molecule has 3 nitrogen and oxygen atoms in total. The van der Waals surface area contributed by atoms with Crippen LogP contribution in [0.5, 0.6) is 0 Å². The number of methoxy groups -OCH3 is 1. The summed E-state index contributed by atoms with van der Waals surface area (Å²) in [6, 6.07) is 9.58. The Morgan fingerprint density at radius 1 is 1.39 bits per heavy atom. The summed E-state index contributed by atoms with van der Waals surface area (Å²) in [5, 5.41) is 8.80. The molecule has 1 aliphatic rings. The molecule has 0 radical (unpaired) electrons. The maximum atomic E-state index is 11.4. The highest BCUT2D eigenvalue weighted by atomic mass is 16.5. The fraction of sp³-hybridized carbons (Fsp3) is 0.467. The molecule has 1 saturated carbocycles. The summed E-state index contributed by atoms with van der Waals surface area (Å²) in [5.74, 6) is 0.0986. The Hall–Kier alpha value is -1.66. The Bertz CT molecular complexity index is 460. The zero-order chi connectivity index (χ0) is 13.0. The van der Waals surface area contributed by atoms with Crippen molar-refractivity contribution in [2.45, 2.75) is 37.2 Å². The van der Waals surface area contributed by atoms with Crippen LogP contribution in [0.1, 0.15) is 42.7 Å². The van der Waals surface area contributed by atoms with Crippen LogP contribution in [0.3, 0.4) is 0 Å². The fourth-order valence-electron chi connectivity index (χ4n) is 2.84. The van der Waals surface area contributed by atoms with E-state index in [0.29, 0.717) is 5.56 Å². The molecule has 1 aromatic rings. The van der Waals surface area contributed by atoms with E-state index in [4.69, 9.17) is 10.00 Å². The first kappa shape index (κ1) is 12.8. The second-order valence-corrected chi connectivity index (χ2v) is 4.81. The van der Waals surface area contributed by atoms with Crippen molar-refractivity contribution >= 4 is 6.29 Å². The van der Waals surface area contributed by atoms with Crippen LogP contribution in [0.15, 0.2) is 24.3 Å². The molecule has 0 aliphatic heterocycles. The zero-order valence-corrected chi connectivity index (χ0v) is 10.6. The fourth-order valence-corrected chi connectivity index (χ4v) is 2.84. The molecule has 0 aromatic heterocycles. The van der Waals surface area contributed by atoms with Gasteiger partial charge in [0.2, 0.25) is 0 Å². The minimum Gasteiger partial charge on any atom is -0.370 e. The average Bonchev–Trinajstić information content (AvgIpc) is 2.47. The van der Waals surface area contributed by atoms with Gasteiger partial charge in [-0.05, 0) is 30.5 Å². The van der Waals surface area contributed by atoms with Crippen LogP contribution in [0.4, 0.5) is 0 Å². The third-order valence-corrected chi connectivity index (χ3v) is 3.92. The number of rotatable bonds is 3. The number of hydrogen-bond acceptors (Lipinski definition) is 3. The summed E-state index contributed by atoms with van der Waals surface area (Å²) in [7, 11) is 1.61. The molecule has 0 spiro atoms. The standard InChI is InChI=1S/C15H17NO2/c1-18-15(11-17)9-3-2-4-14(15)13-7-5-12(10-16)6-8-13/h5-8,11,14H,2-4,9H2,1H3. The van der Waals surface area contributed by atoms with Crippen LogP contribution in [-0.2, 0) is 9.53 Å². The van der Waals surface area contributed by atoms with Gasteiger partial charge in [-0.1, -0.05) is 25.0 Å². The molecule has 0 amide bonds. The highest BCUT2D eigenvalue weighted by Gasteiger charge is 2.41. The van der Waals surface area contributed by atoms with E-state index in [0.717, 1.165) is 37.5 Å². The second-order valence-electron chi connectivity index (χ2n) is 4.81. The van der Waals surface area contributed by atoms with Gasteiger partial charge in [0.1, 0.15) is 5.60 Å². The minimum absolute atomic E-state index is 0.0986. The van der Waals surface area contributed by atoms with Crippen molar-refractivity contribution in [2.24, 2.45) is 0 Å². The summed E-state index contributed by atoms with van der Waals surface area (Å²) < 4.78 is 5.52. The number of ether oxygens (including phenoxy) is 1. The molecule has 1 fully saturated rings. The molecule has 0 saturated heterocycles. The Kier molecular flexibility index (Phi) is 3.78. The van der Waals surface area contributed by atoms with E-state index >= 15 is 0 Å². The molecule has 1 aliphatic carbocycles. The van der Waals surface area contributed by atoms with Crippen molar-refractivity contribution in [3.63, 3.8) is 0 Å². The first-order valence-corrected chi connectivity index (χ1v) is 6.27. The van der Waals surface area contributed by atoms with Gasteiger partial charge in [-0.3, -0.25) is 0 Å². The van der Waals surface area contributed by atoms with E-state index in [1.54, 1.807) is 19.2 Å². The van der Waals surface area contributed by atoms with Gasteiger partial charge in [-0.2, -0.15) is 5.26 Å². The van der Waals surface area contributed by atoms with E-state index < -0.39 is 5.60 Å². The molecule has 2 rings (SSSR count). The van der Waals surface area contributed by atoms with Crippen molar-refractivity contribution in [3.05, 3.63) is 35.4 Å². The van der Waals surface area contributed by atoms with E-state index in [2.05, 4.69) is 6.07 Å². The van der Waals surface area contributed by atoms with Gasteiger partial charge in [0.15, 0.2) is 6.29 Å². The van der Waals surface area contributed by atoms with Gasteiger partial charge in [0, 0.05) is 13.0 Å². The highest BCUT2D eigenvalue weighted by molar-refractivity contribution is 5.65. The van der Waals surface area contributed by atoms with Gasteiger partial charge < -0.3 is 9.53 Å². The first-order chi connectivity index (χ1) is 8.75. The lowest BCUT2D eigenvalue weighted by Gasteiger charge is -2.39. The molecule has 1 aromatic carbocycles. The largest absolute Gasteiger partial charge is 0.370 e. The SMILES string of the molecule is COC1(C=O)CCCCC1c1ccc(C#N)cc1. The van der Waals surface area contributed by atoms with Gasteiger partial charge in [0.25, 0.3) is 0 Å². The van der Waals surface area contributed by atoms with Crippen LogP contribution in [0.2, 0.25) is 0 Å². The van der Waals surface area contributed by atoms with Gasteiger partial charge in [0.05, 0.1) is 11.6 Å². The van der Waals surface area contributed by atoms with Crippen LogP contribution in [0, 0.1) is 11.3 Å². The van der Waals surface area contributed by atoms with Crippen LogP contribution in [-0.4, -0.2) is 19.0 Å². The Morgan fingerprint density at radius 2 is 2.11 bits per heavy atom. The first-order valence-electron chi connectivity index (χ1n) is 6.27. The number of nitriles is 1. The number of nitrogens with zero attached hydrogens (tertiary/aromatic N) is 1. The minimum atomic E-state index is -0.688. The van der Waals surface area contributed by atoms with Gasteiger partial charge in [-0.25, -0.2) is 0 Å². The third kappa shape index (κ3) is 2.16. The van der Waals surface area contributed by atoms with Crippen molar-refractivity contribution in [1.29, 1.82) is 5.26 Å². The molecule has 0 heterocycles. The van der Waals surface area contributed by atoms with Crippen molar-refractivity contribution in [1.82, 2.24) is 0 Å². The molecular weight excluding hydrogens is 226 g/mol.